The van der Waals surface area contributed by atoms with E-state index in [2.05, 4.69) is 10.0 Å². The van der Waals surface area contributed by atoms with Gasteiger partial charge >= 0.3 is 0 Å². The Morgan fingerprint density at radius 3 is 2.20 bits per heavy atom. The Hall–Kier alpha value is -2.03. The number of thioether (sulfide) groups is 1. The van der Waals surface area contributed by atoms with Crippen molar-refractivity contribution in [2.24, 2.45) is 0 Å². The molecule has 0 spiro atoms. The van der Waals surface area contributed by atoms with Gasteiger partial charge in [0.2, 0.25) is 15.9 Å². The Kier molecular flexibility index (Phi) is 6.46. The summed E-state index contributed by atoms with van der Waals surface area (Å²) in [7, 11) is -2.30. The fourth-order valence-corrected chi connectivity index (χ4v) is 3.65. The first-order valence-corrected chi connectivity index (χ1v) is 10.2. The number of nitrogens with one attached hydrogen (secondary N) is 2. The van der Waals surface area contributed by atoms with E-state index in [0.29, 0.717) is 11.4 Å². The minimum atomic E-state index is -3.80. The molecule has 25 heavy (non-hydrogen) atoms. The molecule has 0 fully saturated rings. The molecule has 6 nitrogen and oxygen atoms in total. The normalized spacial score (nSPS) is 12.4. The average molecular weight is 380 g/mol. The number of benzene rings is 2. The van der Waals surface area contributed by atoms with E-state index in [4.69, 9.17) is 4.74 Å². The van der Waals surface area contributed by atoms with Crippen LogP contribution < -0.4 is 14.8 Å². The van der Waals surface area contributed by atoms with E-state index in [1.165, 1.54) is 26.2 Å². The van der Waals surface area contributed by atoms with E-state index in [9.17, 15) is 13.2 Å². The van der Waals surface area contributed by atoms with Crippen LogP contribution in [-0.4, -0.2) is 33.7 Å². The fourth-order valence-electron chi connectivity index (χ4n) is 2.03. The van der Waals surface area contributed by atoms with E-state index < -0.39 is 22.0 Å². The van der Waals surface area contributed by atoms with E-state index in [-0.39, 0.29) is 4.90 Å². The SMILES string of the molecule is COc1ccc(S(=O)(=O)N[C@@H](C)C(=O)Nc2ccc(SC)cc2)cc1. The van der Waals surface area contributed by atoms with E-state index >= 15 is 0 Å². The molecular weight excluding hydrogens is 360 g/mol. The molecule has 0 saturated carbocycles. The minimum absolute atomic E-state index is 0.0669. The smallest absolute Gasteiger partial charge is 0.242 e. The van der Waals surface area contributed by atoms with Gasteiger partial charge in [0, 0.05) is 10.6 Å². The van der Waals surface area contributed by atoms with Gasteiger partial charge in [-0.15, -0.1) is 11.8 Å². The van der Waals surface area contributed by atoms with Gasteiger partial charge in [0.1, 0.15) is 5.75 Å². The van der Waals surface area contributed by atoms with Crippen LogP contribution in [-0.2, 0) is 14.8 Å². The molecule has 2 aromatic carbocycles. The van der Waals surface area contributed by atoms with Crippen LogP contribution in [0.4, 0.5) is 5.69 Å². The quantitative estimate of drug-likeness (QED) is 0.722. The van der Waals surface area contributed by atoms with Gasteiger partial charge in [-0.2, -0.15) is 4.72 Å². The molecule has 0 saturated heterocycles. The zero-order valence-corrected chi connectivity index (χ0v) is 15.8. The lowest BCUT2D eigenvalue weighted by Gasteiger charge is -2.15. The highest BCUT2D eigenvalue weighted by Gasteiger charge is 2.22. The number of anilines is 1. The van der Waals surface area contributed by atoms with Gasteiger partial charge in [-0.25, -0.2) is 8.42 Å². The molecule has 0 unspecified atom stereocenters. The summed E-state index contributed by atoms with van der Waals surface area (Å²) in [6, 6.07) is 12.3. The van der Waals surface area contributed by atoms with Crippen LogP contribution >= 0.6 is 11.8 Å². The van der Waals surface area contributed by atoms with Gasteiger partial charge in [0.05, 0.1) is 18.0 Å². The molecule has 0 aliphatic rings. The number of hydrogen-bond donors (Lipinski definition) is 2. The molecule has 1 amide bonds. The van der Waals surface area contributed by atoms with Gasteiger partial charge in [0.25, 0.3) is 0 Å². The maximum Gasteiger partial charge on any atom is 0.242 e. The Labute approximate surface area is 152 Å². The molecule has 0 bridgehead atoms. The summed E-state index contributed by atoms with van der Waals surface area (Å²) in [6.07, 6.45) is 1.96. The molecular formula is C17H20N2O4S2. The van der Waals surface area contributed by atoms with Gasteiger partial charge in [0.15, 0.2) is 0 Å². The first-order chi connectivity index (χ1) is 11.9. The standard InChI is InChI=1S/C17H20N2O4S2/c1-12(17(20)18-13-4-8-15(24-3)9-5-13)19-25(21,22)16-10-6-14(23-2)7-11-16/h4-12,19H,1-3H3,(H,18,20)/t12-/m0/s1. The summed E-state index contributed by atoms with van der Waals surface area (Å²) in [5.41, 5.74) is 0.610. The van der Waals surface area contributed by atoms with Crippen molar-refractivity contribution in [1.82, 2.24) is 4.72 Å². The first kappa shape index (κ1) is 19.3. The topological polar surface area (TPSA) is 84.5 Å². The molecule has 2 rings (SSSR count). The molecule has 0 radical (unpaired) electrons. The molecule has 134 valence electrons. The number of hydrogen-bond acceptors (Lipinski definition) is 5. The maximum atomic E-state index is 12.3. The van der Waals surface area contributed by atoms with Gasteiger partial charge in [-0.05, 0) is 61.7 Å². The second-order valence-corrected chi connectivity index (χ2v) is 7.83. The second kappa shape index (κ2) is 8.37. The van der Waals surface area contributed by atoms with E-state index in [0.717, 1.165) is 4.90 Å². The third-order valence-electron chi connectivity index (χ3n) is 3.45. The Bertz CT molecular complexity index is 819. The van der Waals surface area contributed by atoms with Crippen LogP contribution in [0.2, 0.25) is 0 Å². The number of amides is 1. The average Bonchev–Trinajstić information content (AvgIpc) is 2.62. The third kappa shape index (κ3) is 5.22. The van der Waals surface area contributed by atoms with Crippen LogP contribution in [0.25, 0.3) is 0 Å². The van der Waals surface area contributed by atoms with Crippen LogP contribution in [0.15, 0.2) is 58.3 Å². The lowest BCUT2D eigenvalue weighted by molar-refractivity contribution is -0.117. The summed E-state index contributed by atoms with van der Waals surface area (Å²) >= 11 is 1.60. The van der Waals surface area contributed by atoms with Crippen molar-refractivity contribution in [1.29, 1.82) is 0 Å². The monoisotopic (exact) mass is 380 g/mol. The van der Waals surface area contributed by atoms with E-state index in [1.807, 2.05) is 18.4 Å². The van der Waals surface area contributed by atoms with Crippen molar-refractivity contribution in [3.63, 3.8) is 0 Å². The van der Waals surface area contributed by atoms with Crippen LogP contribution in [0.3, 0.4) is 0 Å². The van der Waals surface area contributed by atoms with Crippen molar-refractivity contribution in [3.05, 3.63) is 48.5 Å². The zero-order chi connectivity index (χ0) is 18.4. The summed E-state index contributed by atoms with van der Waals surface area (Å²) in [5, 5.41) is 2.69. The summed E-state index contributed by atoms with van der Waals surface area (Å²) in [5.74, 6) is 0.118. The molecule has 2 aromatic rings. The number of sulfonamides is 1. The molecule has 0 aliphatic carbocycles. The molecule has 8 heteroatoms. The zero-order valence-electron chi connectivity index (χ0n) is 14.1. The lowest BCUT2D eigenvalue weighted by atomic mass is 10.3. The number of carbonyl (C=O) groups excluding carboxylic acids is 1. The van der Waals surface area contributed by atoms with Gasteiger partial charge in [-0.3, -0.25) is 4.79 Å². The van der Waals surface area contributed by atoms with Gasteiger partial charge < -0.3 is 10.1 Å². The van der Waals surface area contributed by atoms with Crippen molar-refractivity contribution in [2.45, 2.75) is 22.8 Å². The number of carbonyl (C=O) groups is 1. The number of methoxy groups -OCH3 is 1. The lowest BCUT2D eigenvalue weighted by Crippen LogP contribution is -2.41. The molecule has 0 heterocycles. The largest absolute Gasteiger partial charge is 0.497 e. The molecule has 2 N–H and O–H groups in total. The highest BCUT2D eigenvalue weighted by Crippen LogP contribution is 2.18. The summed E-state index contributed by atoms with van der Waals surface area (Å²) in [6.45, 7) is 1.49. The van der Waals surface area contributed by atoms with Crippen molar-refractivity contribution in [2.75, 3.05) is 18.7 Å². The highest BCUT2D eigenvalue weighted by molar-refractivity contribution is 7.98. The first-order valence-electron chi connectivity index (χ1n) is 7.47. The summed E-state index contributed by atoms with van der Waals surface area (Å²) < 4.78 is 32.1. The van der Waals surface area contributed by atoms with Crippen molar-refractivity contribution < 1.29 is 17.9 Å². The Morgan fingerprint density at radius 2 is 1.68 bits per heavy atom. The summed E-state index contributed by atoms with van der Waals surface area (Å²) in [4.78, 5) is 13.4. The Morgan fingerprint density at radius 1 is 1.08 bits per heavy atom. The Balaban J connectivity index is 2.03. The van der Waals surface area contributed by atoms with Crippen LogP contribution in [0, 0.1) is 0 Å². The molecule has 1 atom stereocenters. The maximum absolute atomic E-state index is 12.3. The predicted octanol–water partition coefficient (Wildman–Crippen LogP) is 2.72. The third-order valence-corrected chi connectivity index (χ3v) is 5.75. The number of rotatable bonds is 7. The van der Waals surface area contributed by atoms with Gasteiger partial charge in [-0.1, -0.05) is 0 Å². The second-order valence-electron chi connectivity index (χ2n) is 5.24. The van der Waals surface area contributed by atoms with Crippen molar-refractivity contribution in [3.8, 4) is 5.75 Å². The van der Waals surface area contributed by atoms with Crippen LogP contribution in [0.5, 0.6) is 5.75 Å². The van der Waals surface area contributed by atoms with E-state index in [1.54, 1.807) is 36.0 Å². The predicted molar refractivity (Wildman–Crippen MR) is 99.6 cm³/mol. The molecule has 0 aromatic heterocycles. The molecule has 0 aliphatic heterocycles. The fraction of sp³-hybridized carbons (Fsp3) is 0.235. The van der Waals surface area contributed by atoms with Crippen molar-refractivity contribution >= 4 is 33.4 Å². The highest BCUT2D eigenvalue weighted by atomic mass is 32.2. The number of ether oxygens (including phenoxy) is 1. The van der Waals surface area contributed by atoms with Crippen LogP contribution in [0.1, 0.15) is 6.92 Å². The minimum Gasteiger partial charge on any atom is -0.497 e.